The second-order valence-corrected chi connectivity index (χ2v) is 27.4. The van der Waals surface area contributed by atoms with E-state index in [-0.39, 0.29) is 39.9 Å². The number of carboxylic acids is 1. The summed E-state index contributed by atoms with van der Waals surface area (Å²) in [4.78, 5) is 64.2. The van der Waals surface area contributed by atoms with E-state index in [0.29, 0.717) is 69.4 Å². The number of carboxylic acid groups (broad SMARTS) is 1. The number of aromatic carboxylic acids is 1. The molecule has 3 heterocycles. The molecular weight excluding hydrogens is 1300 g/mol. The predicted molar refractivity (Wildman–Crippen MR) is 399 cm³/mol. The Morgan fingerprint density at radius 3 is 1.18 bits per heavy atom. The van der Waals surface area contributed by atoms with Crippen molar-refractivity contribution in [2.45, 2.75) is 137 Å². The Kier molecular flexibility index (Phi) is 31.1. The summed E-state index contributed by atoms with van der Waals surface area (Å²) < 4.78 is 0. The van der Waals surface area contributed by atoms with Gasteiger partial charge in [0, 0.05) is 91.6 Å². The number of benzene rings is 6. The maximum atomic E-state index is 12.7. The van der Waals surface area contributed by atoms with Crippen LogP contribution < -0.4 is 5.32 Å². The van der Waals surface area contributed by atoms with Crippen LogP contribution in [0, 0.1) is 35.5 Å². The minimum Gasteiger partial charge on any atom is -0.478 e. The van der Waals surface area contributed by atoms with Gasteiger partial charge in [0.25, 0.3) is 11.8 Å². The molecule has 15 nitrogen and oxygen atoms in total. The van der Waals surface area contributed by atoms with Crippen molar-refractivity contribution in [1.29, 1.82) is 0 Å². The number of aromatic nitrogens is 6. The minimum atomic E-state index is -0.896. The highest BCUT2D eigenvalue weighted by atomic mass is 35.5. The molecule has 18 heteroatoms. The molecule has 0 spiro atoms. The smallest absolute Gasteiger partial charge is 0.335 e. The summed E-state index contributed by atoms with van der Waals surface area (Å²) in [5.41, 5.74) is 11.0. The van der Waals surface area contributed by atoms with Crippen LogP contribution >= 0.6 is 34.8 Å². The standard InChI is InChI=1S/C27H30ClN3O.C26H28ClN3O2.C20H21ClO3.C6H9N3.2CH4.H2/c1-19(23-4-3-5-25(28)16-23)24-11-8-21(15-24)14-20-6-9-22(10-7-20)27(32)31(2)18-26-17-29-12-13-30-26;1-30(17-24-16-28-11-12-29-24)26(32)20-8-5-18(6-9-20)13-19-7-10-22(14-19)25(31)21-3-2-4-23(27)15-21;21-18-3-1-2-16(12-18)19(22)17-9-6-14(11-17)10-13-4-7-15(8-5-13)20(23)24;1-7-4-6-5-8-2-3-9-6;;;/h3-7,9-10,12-13,16-17,19,21,24H,8,11,14-15,18H2,1-2H3;2-6,8-9,11-12,15-16,19,22,25,31H,7,10,13-14,17H2,1H3;1-5,7-8,12,14,17,19,22H,6,9-11H2,(H,23,24);2-3,5,7H,4H2,1H3;2*1H4;1H/t19-,21?,24+;19?,22-,25+;14?,17-,19+;;;;/m100..../s1/i;;;;;;1+1. The number of nitrogens with one attached hydrogen (secondary N) is 1. The van der Waals surface area contributed by atoms with Gasteiger partial charge in [0.15, 0.2) is 0 Å². The number of hydrogen-bond acceptors (Lipinski definition) is 12. The van der Waals surface area contributed by atoms with Gasteiger partial charge in [-0.25, -0.2) is 4.79 Å². The van der Waals surface area contributed by atoms with Crippen LogP contribution in [0.3, 0.4) is 0 Å². The first-order valence-corrected chi connectivity index (χ1v) is 34.6. The molecule has 3 aliphatic rings. The molecule has 3 unspecified atom stereocenters. The van der Waals surface area contributed by atoms with Gasteiger partial charge in [-0.3, -0.25) is 39.5 Å². The number of nitrogens with zero attached hydrogens (tertiary/aromatic N) is 8. The van der Waals surface area contributed by atoms with Crippen LogP contribution in [0.4, 0.5) is 0 Å². The Morgan fingerprint density at radius 1 is 0.485 bits per heavy atom. The summed E-state index contributed by atoms with van der Waals surface area (Å²) in [5, 5.41) is 35.4. The molecule has 4 N–H and O–H groups in total. The molecule has 3 fully saturated rings. The van der Waals surface area contributed by atoms with Gasteiger partial charge in [-0.2, -0.15) is 0 Å². The summed E-state index contributed by atoms with van der Waals surface area (Å²) in [6.45, 7) is 3.99. The molecule has 2 amide bonds. The lowest BCUT2D eigenvalue weighted by molar-refractivity contribution is 0.0695. The molecule has 12 rings (SSSR count). The number of aliphatic hydroxyl groups is 2. The van der Waals surface area contributed by atoms with Crippen molar-refractivity contribution in [3.05, 3.63) is 284 Å². The van der Waals surface area contributed by atoms with Gasteiger partial charge in [-0.1, -0.05) is 129 Å². The van der Waals surface area contributed by atoms with Crippen LogP contribution in [-0.2, 0) is 38.9 Å². The second kappa shape index (κ2) is 39.5. The predicted octanol–water partition coefficient (Wildman–Crippen LogP) is 17.7. The van der Waals surface area contributed by atoms with Crippen LogP contribution in [0.1, 0.15) is 181 Å². The quantitative estimate of drug-likeness (QED) is 0.0529. The lowest BCUT2D eigenvalue weighted by atomic mass is 9.85. The molecule has 3 aromatic heterocycles. The molecular formula is C81H98Cl3N9O6. The normalized spacial score (nSPS) is 18.4. The van der Waals surface area contributed by atoms with E-state index in [1.807, 2.05) is 116 Å². The van der Waals surface area contributed by atoms with Gasteiger partial charge < -0.3 is 30.4 Å². The highest BCUT2D eigenvalue weighted by molar-refractivity contribution is 6.31. The zero-order valence-electron chi connectivity index (χ0n) is 55.6. The average molecular weight is 1400 g/mol. The first-order chi connectivity index (χ1) is 46.9. The van der Waals surface area contributed by atoms with Gasteiger partial charge in [0.1, 0.15) is 0 Å². The topological polar surface area (TPSA) is 208 Å². The zero-order valence-corrected chi connectivity index (χ0v) is 57.9. The molecule has 0 bridgehead atoms. The maximum absolute atomic E-state index is 12.7. The summed E-state index contributed by atoms with van der Waals surface area (Å²) in [7, 11) is 5.45. The highest BCUT2D eigenvalue weighted by Crippen LogP contribution is 2.44. The van der Waals surface area contributed by atoms with Gasteiger partial charge >= 0.3 is 5.97 Å². The first-order valence-electron chi connectivity index (χ1n) is 33.5. The van der Waals surface area contributed by atoms with Crippen LogP contribution in [-0.4, -0.2) is 93.9 Å². The van der Waals surface area contributed by atoms with Crippen molar-refractivity contribution < 1.29 is 31.1 Å². The number of rotatable bonds is 21. The van der Waals surface area contributed by atoms with Crippen molar-refractivity contribution in [2.24, 2.45) is 35.5 Å². The van der Waals surface area contributed by atoms with E-state index in [1.54, 1.807) is 91.8 Å². The zero-order chi connectivity index (χ0) is 68.6. The van der Waals surface area contributed by atoms with E-state index in [9.17, 15) is 24.6 Å². The summed E-state index contributed by atoms with van der Waals surface area (Å²) >= 11 is 18.3. The van der Waals surface area contributed by atoms with Crippen molar-refractivity contribution >= 4 is 52.6 Å². The summed E-state index contributed by atoms with van der Waals surface area (Å²) in [6.07, 6.45) is 27.0. The molecule has 99 heavy (non-hydrogen) atoms. The Hall–Kier alpha value is -8.28. The minimum absolute atomic E-state index is 0. The Morgan fingerprint density at radius 2 is 0.828 bits per heavy atom. The van der Waals surface area contributed by atoms with Crippen LogP contribution in [0.5, 0.6) is 0 Å². The monoisotopic (exact) mass is 1400 g/mol. The SMILES string of the molecule is C.C.CN(Cc1cnccn1)C(=O)c1ccc(CC2CC[C@H]([C@H](O)c3cccc(Cl)c3)C2)cc1.CNCc1cnccn1.C[C@H](c1cccc(Cl)c1)[C@H]1CCC(Cc2ccc(C(=O)N(C)Cc3cnccn3)cc2)C1.O=C(O)c1ccc(CC2CC[C@H]([C@H](O)c3cccc(Cl)c3)C2)cc1.[2HH]. The lowest BCUT2D eigenvalue weighted by Gasteiger charge is -2.20. The van der Waals surface area contributed by atoms with E-state index in [1.165, 1.54) is 36.0 Å². The largest absolute Gasteiger partial charge is 0.478 e. The molecule has 3 aliphatic carbocycles. The number of amides is 2. The highest BCUT2D eigenvalue weighted by Gasteiger charge is 2.33. The van der Waals surface area contributed by atoms with Crippen LogP contribution in [0.25, 0.3) is 0 Å². The number of aliphatic hydroxyl groups excluding tert-OH is 2. The fourth-order valence-corrected chi connectivity index (χ4v) is 14.4. The van der Waals surface area contributed by atoms with E-state index in [2.05, 4.69) is 66.4 Å². The molecule has 9 atom stereocenters. The van der Waals surface area contributed by atoms with E-state index in [0.717, 1.165) is 103 Å². The second-order valence-electron chi connectivity index (χ2n) is 26.1. The first kappa shape index (κ1) is 78.1. The van der Waals surface area contributed by atoms with Crippen LogP contribution in [0.15, 0.2) is 201 Å². The third kappa shape index (κ3) is 24.0. The number of carbonyl (C=O) groups excluding carboxylic acids is 2. The fourth-order valence-electron chi connectivity index (χ4n) is 13.8. The summed E-state index contributed by atoms with van der Waals surface area (Å²) in [6, 6.07) is 46.4. The molecule has 0 radical (unpaired) electrons. The summed E-state index contributed by atoms with van der Waals surface area (Å²) in [5.74, 6) is 2.58. The molecule has 9 aromatic rings. The average Bonchev–Trinajstić information content (AvgIpc) is 1.58. The fraction of sp³-hybridized carbons (Fsp3) is 0.370. The third-order valence-electron chi connectivity index (χ3n) is 19.0. The molecule has 0 aliphatic heterocycles. The maximum Gasteiger partial charge on any atom is 0.335 e. The Bertz CT molecular complexity index is 3740. The molecule has 0 saturated heterocycles. The third-order valence-corrected chi connectivity index (χ3v) is 19.7. The number of hydrogen-bond donors (Lipinski definition) is 4. The van der Waals surface area contributed by atoms with Crippen molar-refractivity contribution in [3.63, 3.8) is 0 Å². The number of halogens is 3. The van der Waals surface area contributed by atoms with Gasteiger partial charge in [-0.05, 0) is 232 Å². The van der Waals surface area contributed by atoms with E-state index >= 15 is 0 Å². The van der Waals surface area contributed by atoms with E-state index in [4.69, 9.17) is 39.9 Å². The van der Waals surface area contributed by atoms with E-state index < -0.39 is 18.2 Å². The van der Waals surface area contributed by atoms with Gasteiger partial charge in [0.05, 0.1) is 60.3 Å². The van der Waals surface area contributed by atoms with Gasteiger partial charge in [-0.15, -0.1) is 0 Å². The molecule has 524 valence electrons. The van der Waals surface area contributed by atoms with Crippen LogP contribution in [0.2, 0.25) is 15.1 Å². The number of carbonyl (C=O) groups is 3. The lowest BCUT2D eigenvalue weighted by Crippen LogP contribution is -2.26. The Balaban J connectivity index is 0.000000221. The van der Waals surface area contributed by atoms with Crippen molar-refractivity contribution in [3.8, 4) is 0 Å². The van der Waals surface area contributed by atoms with Crippen molar-refractivity contribution in [2.75, 3.05) is 21.1 Å². The van der Waals surface area contributed by atoms with Crippen molar-refractivity contribution in [1.82, 2.24) is 45.0 Å². The Labute approximate surface area is 602 Å². The van der Waals surface area contributed by atoms with Gasteiger partial charge in [0.2, 0.25) is 0 Å². The molecule has 3 saturated carbocycles. The molecule has 6 aromatic carbocycles.